The van der Waals surface area contributed by atoms with Gasteiger partial charge in [0.25, 0.3) is 0 Å². The molecule has 0 aromatic heterocycles. The topological polar surface area (TPSA) is 42.0 Å². The second-order valence-corrected chi connectivity index (χ2v) is 7.31. The predicted octanol–water partition coefficient (Wildman–Crippen LogP) is 3.93. The Morgan fingerprint density at radius 1 is 1.04 bits per heavy atom. The van der Waals surface area contributed by atoms with Crippen molar-refractivity contribution < 1.29 is 14.3 Å². The number of rotatable bonds is 4. The fourth-order valence-electron chi connectivity index (χ4n) is 3.27. The van der Waals surface area contributed by atoms with Gasteiger partial charge < -0.3 is 9.47 Å². The van der Waals surface area contributed by atoms with E-state index < -0.39 is 0 Å². The Kier molecular flexibility index (Phi) is 4.78. The number of carbonyl (C=O) groups is 1. The minimum absolute atomic E-state index is 0.0689. The van der Waals surface area contributed by atoms with Gasteiger partial charge in [-0.15, -0.1) is 0 Å². The second kappa shape index (κ2) is 7.21. The Balaban J connectivity index is 1.78. The highest BCUT2D eigenvalue weighted by Gasteiger charge is 2.31. The smallest absolute Gasteiger partial charge is 0.245 e. The summed E-state index contributed by atoms with van der Waals surface area (Å²) in [4.78, 5) is 19.3. The summed E-state index contributed by atoms with van der Waals surface area (Å²) in [5.41, 5.74) is 1.80. The molecule has 0 radical (unpaired) electrons. The SMILES string of the molecule is CCN(CC)CC(=O)N1c2ccccc2Sc2cc3c(cc21)OCCO3. The number of hydrogen-bond acceptors (Lipinski definition) is 5. The quantitative estimate of drug-likeness (QED) is 0.816. The zero-order valence-electron chi connectivity index (χ0n) is 15.0. The molecule has 2 aliphatic heterocycles. The largest absolute Gasteiger partial charge is 0.486 e. The van der Waals surface area contributed by atoms with E-state index in [1.54, 1.807) is 11.8 Å². The summed E-state index contributed by atoms with van der Waals surface area (Å²) in [5, 5.41) is 0. The van der Waals surface area contributed by atoms with Crippen molar-refractivity contribution >= 4 is 29.0 Å². The molecular weight excluding hydrogens is 348 g/mol. The van der Waals surface area contributed by atoms with Crippen LogP contribution in [0.1, 0.15) is 13.8 Å². The monoisotopic (exact) mass is 370 g/mol. The average molecular weight is 370 g/mol. The number of nitrogens with zero attached hydrogens (tertiary/aromatic N) is 2. The van der Waals surface area contributed by atoms with Crippen LogP contribution in [0.2, 0.25) is 0 Å². The molecule has 2 aromatic carbocycles. The van der Waals surface area contributed by atoms with Crippen LogP contribution >= 0.6 is 11.8 Å². The number of fused-ring (bicyclic) bond motifs is 3. The van der Waals surface area contributed by atoms with E-state index in [9.17, 15) is 4.79 Å². The van der Waals surface area contributed by atoms with Crippen molar-refractivity contribution in [2.45, 2.75) is 23.6 Å². The van der Waals surface area contributed by atoms with Crippen LogP contribution < -0.4 is 14.4 Å². The third kappa shape index (κ3) is 3.04. The van der Waals surface area contributed by atoms with Crippen LogP contribution in [0, 0.1) is 0 Å². The standard InChI is InChI=1S/C20H22N2O3S/c1-3-21(4-2)13-20(23)22-14-7-5-6-8-18(14)26-19-12-17-16(11-15(19)22)24-9-10-25-17/h5-8,11-12H,3-4,9-10,13H2,1-2H3. The summed E-state index contributed by atoms with van der Waals surface area (Å²) in [6, 6.07) is 12.0. The lowest BCUT2D eigenvalue weighted by Gasteiger charge is -2.33. The zero-order chi connectivity index (χ0) is 18.1. The van der Waals surface area contributed by atoms with Crippen LogP contribution in [0.5, 0.6) is 11.5 Å². The molecule has 0 fully saturated rings. The van der Waals surface area contributed by atoms with E-state index in [-0.39, 0.29) is 5.91 Å². The minimum Gasteiger partial charge on any atom is -0.486 e. The summed E-state index contributed by atoms with van der Waals surface area (Å²) >= 11 is 1.66. The van der Waals surface area contributed by atoms with Gasteiger partial charge in [0, 0.05) is 21.9 Å². The summed E-state index contributed by atoms with van der Waals surface area (Å²) < 4.78 is 11.5. The van der Waals surface area contributed by atoms with Crippen molar-refractivity contribution in [2.75, 3.05) is 37.7 Å². The van der Waals surface area contributed by atoms with Crippen molar-refractivity contribution in [3.8, 4) is 11.5 Å². The molecule has 0 spiro atoms. The maximum atomic E-state index is 13.2. The summed E-state index contributed by atoms with van der Waals surface area (Å²) in [6.07, 6.45) is 0. The number of benzene rings is 2. The lowest BCUT2D eigenvalue weighted by molar-refractivity contribution is -0.119. The van der Waals surface area contributed by atoms with Crippen molar-refractivity contribution in [1.29, 1.82) is 0 Å². The first-order valence-corrected chi connectivity index (χ1v) is 9.78. The van der Waals surface area contributed by atoms with Crippen LogP contribution in [-0.4, -0.2) is 43.7 Å². The Bertz CT molecular complexity index is 836. The van der Waals surface area contributed by atoms with E-state index in [1.165, 1.54) is 0 Å². The lowest BCUT2D eigenvalue weighted by atomic mass is 10.2. The van der Waals surface area contributed by atoms with E-state index in [2.05, 4.69) is 24.8 Å². The fourth-order valence-corrected chi connectivity index (χ4v) is 4.34. The van der Waals surface area contributed by atoms with Gasteiger partial charge in [-0.25, -0.2) is 0 Å². The Labute approximate surface area is 157 Å². The zero-order valence-corrected chi connectivity index (χ0v) is 15.8. The molecule has 1 amide bonds. The molecule has 2 heterocycles. The minimum atomic E-state index is 0.0689. The highest BCUT2D eigenvalue weighted by atomic mass is 32.2. The highest BCUT2D eigenvalue weighted by Crippen LogP contribution is 2.51. The molecule has 2 aliphatic rings. The molecule has 0 unspecified atom stereocenters. The molecular formula is C20H22N2O3S. The molecule has 6 heteroatoms. The van der Waals surface area contributed by atoms with Crippen molar-refractivity contribution in [3.05, 3.63) is 36.4 Å². The normalized spacial score (nSPS) is 14.8. The number of amides is 1. The van der Waals surface area contributed by atoms with Gasteiger partial charge >= 0.3 is 0 Å². The van der Waals surface area contributed by atoms with E-state index in [4.69, 9.17) is 9.47 Å². The molecule has 136 valence electrons. The maximum absolute atomic E-state index is 13.2. The Hall–Kier alpha value is -2.18. The molecule has 4 rings (SSSR count). The molecule has 0 saturated carbocycles. The van der Waals surface area contributed by atoms with Gasteiger partial charge in [0.2, 0.25) is 5.91 Å². The van der Waals surface area contributed by atoms with Crippen molar-refractivity contribution in [1.82, 2.24) is 4.90 Å². The second-order valence-electron chi connectivity index (χ2n) is 6.22. The van der Waals surface area contributed by atoms with Crippen molar-refractivity contribution in [3.63, 3.8) is 0 Å². The van der Waals surface area contributed by atoms with Gasteiger partial charge in [-0.2, -0.15) is 0 Å². The number of para-hydroxylation sites is 1. The Morgan fingerprint density at radius 3 is 2.46 bits per heavy atom. The number of likely N-dealkylation sites (N-methyl/N-ethyl adjacent to an activating group) is 1. The number of hydrogen-bond donors (Lipinski definition) is 0. The fraction of sp³-hybridized carbons (Fsp3) is 0.350. The van der Waals surface area contributed by atoms with Crippen LogP contribution in [0.25, 0.3) is 0 Å². The van der Waals surface area contributed by atoms with E-state index >= 15 is 0 Å². The number of carbonyl (C=O) groups excluding carboxylic acids is 1. The molecule has 0 N–H and O–H groups in total. The van der Waals surface area contributed by atoms with Gasteiger partial charge in [0.05, 0.1) is 17.9 Å². The molecule has 0 aliphatic carbocycles. The van der Waals surface area contributed by atoms with E-state index in [0.29, 0.717) is 25.5 Å². The van der Waals surface area contributed by atoms with Gasteiger partial charge in [0.1, 0.15) is 13.2 Å². The third-order valence-electron chi connectivity index (χ3n) is 4.69. The molecule has 0 atom stereocenters. The summed E-state index contributed by atoms with van der Waals surface area (Å²) in [6.45, 7) is 7.32. The maximum Gasteiger partial charge on any atom is 0.245 e. The van der Waals surface area contributed by atoms with Crippen LogP contribution in [0.15, 0.2) is 46.2 Å². The number of anilines is 2. The number of ether oxygens (including phenoxy) is 2. The van der Waals surface area contributed by atoms with Crippen molar-refractivity contribution in [2.24, 2.45) is 0 Å². The highest BCUT2D eigenvalue weighted by molar-refractivity contribution is 7.99. The van der Waals surface area contributed by atoms with Crippen LogP contribution in [0.3, 0.4) is 0 Å². The van der Waals surface area contributed by atoms with Gasteiger partial charge in [-0.1, -0.05) is 37.7 Å². The van der Waals surface area contributed by atoms with Gasteiger partial charge in [0.15, 0.2) is 11.5 Å². The summed E-state index contributed by atoms with van der Waals surface area (Å²) in [5.74, 6) is 1.52. The first kappa shape index (κ1) is 17.2. The first-order valence-electron chi connectivity index (χ1n) is 8.97. The lowest BCUT2D eigenvalue weighted by Crippen LogP contribution is -2.39. The molecule has 2 aromatic rings. The van der Waals surface area contributed by atoms with E-state index in [1.807, 2.05) is 35.2 Å². The molecule has 0 saturated heterocycles. The third-order valence-corrected chi connectivity index (χ3v) is 5.81. The van der Waals surface area contributed by atoms with Gasteiger partial charge in [-0.3, -0.25) is 14.6 Å². The van der Waals surface area contributed by atoms with E-state index in [0.717, 1.165) is 40.0 Å². The molecule has 0 bridgehead atoms. The van der Waals surface area contributed by atoms with Gasteiger partial charge in [-0.05, 0) is 25.2 Å². The predicted molar refractivity (Wildman–Crippen MR) is 103 cm³/mol. The summed E-state index contributed by atoms with van der Waals surface area (Å²) in [7, 11) is 0. The first-order chi connectivity index (χ1) is 12.7. The Morgan fingerprint density at radius 2 is 1.73 bits per heavy atom. The van der Waals surface area contributed by atoms with Crippen LogP contribution in [0.4, 0.5) is 11.4 Å². The molecule has 26 heavy (non-hydrogen) atoms. The van der Waals surface area contributed by atoms with Crippen LogP contribution in [-0.2, 0) is 4.79 Å². The average Bonchev–Trinajstić information content (AvgIpc) is 2.68. The molecule has 5 nitrogen and oxygen atoms in total.